The van der Waals surface area contributed by atoms with Gasteiger partial charge in [0.15, 0.2) is 0 Å². The third-order valence-electron chi connectivity index (χ3n) is 2.37. The number of hydrogen-bond acceptors (Lipinski definition) is 3. The highest BCUT2D eigenvalue weighted by molar-refractivity contribution is 5.75. The Kier molecular flexibility index (Phi) is 3.29. The van der Waals surface area contributed by atoms with E-state index in [-0.39, 0.29) is 18.6 Å². The Bertz CT molecular complexity index is 238. The summed E-state index contributed by atoms with van der Waals surface area (Å²) >= 11 is 0. The molecule has 6 heteroatoms. The number of likely N-dealkylation sites (tertiary alicyclic amines) is 1. The van der Waals surface area contributed by atoms with Crippen molar-refractivity contribution in [2.24, 2.45) is 0 Å². The standard InChI is InChI=1S/C8H15N3O3/c1-9-8(14)11-3-6(4-11)10(2)5-7(12)13/h6H,3-5H2,1-2H3,(H,9,14)(H,12,13). The van der Waals surface area contributed by atoms with Gasteiger partial charge in [0.2, 0.25) is 0 Å². The van der Waals surface area contributed by atoms with E-state index in [9.17, 15) is 9.59 Å². The zero-order chi connectivity index (χ0) is 10.7. The number of carboxylic acids is 1. The van der Waals surface area contributed by atoms with Crippen LogP contribution in [-0.4, -0.2) is 66.7 Å². The van der Waals surface area contributed by atoms with Crippen LogP contribution in [0.4, 0.5) is 4.79 Å². The van der Waals surface area contributed by atoms with E-state index in [1.54, 1.807) is 23.9 Å². The van der Waals surface area contributed by atoms with Gasteiger partial charge >= 0.3 is 12.0 Å². The van der Waals surface area contributed by atoms with Crippen LogP contribution in [0.3, 0.4) is 0 Å². The summed E-state index contributed by atoms with van der Waals surface area (Å²) in [5.41, 5.74) is 0. The monoisotopic (exact) mass is 201 g/mol. The second-order valence-electron chi connectivity index (χ2n) is 3.42. The summed E-state index contributed by atoms with van der Waals surface area (Å²) in [6.07, 6.45) is 0. The zero-order valence-corrected chi connectivity index (χ0v) is 8.36. The Morgan fingerprint density at radius 3 is 2.57 bits per heavy atom. The fourth-order valence-electron chi connectivity index (χ4n) is 1.40. The van der Waals surface area contributed by atoms with Crippen LogP contribution in [-0.2, 0) is 4.79 Å². The first-order valence-corrected chi connectivity index (χ1v) is 4.43. The van der Waals surface area contributed by atoms with Crippen LogP contribution in [0.1, 0.15) is 0 Å². The molecule has 6 nitrogen and oxygen atoms in total. The lowest BCUT2D eigenvalue weighted by atomic mass is 10.1. The smallest absolute Gasteiger partial charge is 0.317 e. The molecule has 0 aliphatic carbocycles. The number of carboxylic acid groups (broad SMARTS) is 1. The van der Waals surface area contributed by atoms with Crippen molar-refractivity contribution in [3.8, 4) is 0 Å². The van der Waals surface area contributed by atoms with Gasteiger partial charge in [-0.2, -0.15) is 0 Å². The van der Waals surface area contributed by atoms with E-state index >= 15 is 0 Å². The quantitative estimate of drug-likeness (QED) is 0.616. The number of likely N-dealkylation sites (N-methyl/N-ethyl adjacent to an activating group) is 1. The van der Waals surface area contributed by atoms with Gasteiger partial charge < -0.3 is 15.3 Å². The lowest BCUT2D eigenvalue weighted by Gasteiger charge is -2.43. The summed E-state index contributed by atoms with van der Waals surface area (Å²) in [6, 6.07) is 0.0633. The molecule has 0 aromatic heterocycles. The molecule has 80 valence electrons. The van der Waals surface area contributed by atoms with Crippen LogP contribution in [0.5, 0.6) is 0 Å². The topological polar surface area (TPSA) is 72.9 Å². The predicted molar refractivity (Wildman–Crippen MR) is 50.1 cm³/mol. The second-order valence-corrected chi connectivity index (χ2v) is 3.42. The molecule has 0 aromatic carbocycles. The van der Waals surface area contributed by atoms with Crippen molar-refractivity contribution >= 4 is 12.0 Å². The van der Waals surface area contributed by atoms with Gasteiger partial charge in [0, 0.05) is 26.2 Å². The molecule has 1 rings (SSSR count). The van der Waals surface area contributed by atoms with E-state index in [0.29, 0.717) is 13.1 Å². The van der Waals surface area contributed by atoms with Gasteiger partial charge in [-0.05, 0) is 7.05 Å². The van der Waals surface area contributed by atoms with Gasteiger partial charge in [-0.25, -0.2) is 4.79 Å². The van der Waals surface area contributed by atoms with Gasteiger partial charge in [0.1, 0.15) is 0 Å². The molecule has 2 amide bonds. The van der Waals surface area contributed by atoms with Gasteiger partial charge in [-0.15, -0.1) is 0 Å². The highest BCUT2D eigenvalue weighted by Crippen LogP contribution is 2.12. The molecule has 1 heterocycles. The lowest BCUT2D eigenvalue weighted by Crippen LogP contribution is -2.62. The van der Waals surface area contributed by atoms with Gasteiger partial charge in [-0.3, -0.25) is 9.69 Å². The first kappa shape index (κ1) is 10.8. The SMILES string of the molecule is CNC(=O)N1CC(N(C)CC(=O)O)C1. The number of hydrogen-bond donors (Lipinski definition) is 2. The maximum absolute atomic E-state index is 11.1. The van der Waals surface area contributed by atoms with Crippen molar-refractivity contribution in [1.29, 1.82) is 0 Å². The molecule has 0 spiro atoms. The van der Waals surface area contributed by atoms with Crippen LogP contribution in [0.25, 0.3) is 0 Å². The molecule has 0 saturated carbocycles. The fourth-order valence-corrected chi connectivity index (χ4v) is 1.40. The Morgan fingerprint density at radius 2 is 2.14 bits per heavy atom. The number of carbonyl (C=O) groups is 2. The van der Waals surface area contributed by atoms with Crippen LogP contribution < -0.4 is 5.32 Å². The number of aliphatic carboxylic acids is 1. The third-order valence-corrected chi connectivity index (χ3v) is 2.37. The summed E-state index contributed by atoms with van der Waals surface area (Å²) in [7, 11) is 3.33. The second kappa shape index (κ2) is 4.28. The van der Waals surface area contributed by atoms with Crippen molar-refractivity contribution in [3.63, 3.8) is 0 Å². The molecule has 1 saturated heterocycles. The van der Waals surface area contributed by atoms with E-state index < -0.39 is 5.97 Å². The molecule has 0 atom stereocenters. The zero-order valence-electron chi connectivity index (χ0n) is 8.36. The number of rotatable bonds is 3. The molecule has 1 fully saturated rings. The van der Waals surface area contributed by atoms with E-state index in [1.165, 1.54) is 0 Å². The minimum Gasteiger partial charge on any atom is -0.480 e. The molecule has 1 aliphatic heterocycles. The first-order valence-electron chi connectivity index (χ1n) is 4.43. The highest BCUT2D eigenvalue weighted by Gasteiger charge is 2.33. The normalized spacial score (nSPS) is 16.6. The van der Waals surface area contributed by atoms with Crippen molar-refractivity contribution in [2.45, 2.75) is 6.04 Å². The molecule has 0 aromatic rings. The average molecular weight is 201 g/mol. The molecular formula is C8H15N3O3. The first-order chi connectivity index (χ1) is 6.54. The fraction of sp³-hybridized carbons (Fsp3) is 0.750. The van der Waals surface area contributed by atoms with E-state index in [1.807, 2.05) is 0 Å². The Labute approximate surface area is 82.5 Å². The highest BCUT2D eigenvalue weighted by atomic mass is 16.4. The largest absolute Gasteiger partial charge is 0.480 e. The van der Waals surface area contributed by atoms with Crippen LogP contribution in [0.2, 0.25) is 0 Å². The maximum Gasteiger partial charge on any atom is 0.317 e. The molecule has 1 aliphatic rings. The molecule has 2 N–H and O–H groups in total. The Balaban J connectivity index is 2.26. The number of carbonyl (C=O) groups excluding carboxylic acids is 1. The van der Waals surface area contributed by atoms with Crippen LogP contribution in [0, 0.1) is 0 Å². The number of nitrogens with zero attached hydrogens (tertiary/aromatic N) is 2. The minimum atomic E-state index is -0.842. The molecule has 0 bridgehead atoms. The van der Waals surface area contributed by atoms with Crippen molar-refractivity contribution in [2.75, 3.05) is 33.7 Å². The molecular weight excluding hydrogens is 186 g/mol. The Morgan fingerprint density at radius 1 is 1.57 bits per heavy atom. The summed E-state index contributed by atoms with van der Waals surface area (Å²) in [5, 5.41) is 11.1. The summed E-state index contributed by atoms with van der Waals surface area (Å²) in [4.78, 5) is 24.8. The van der Waals surface area contributed by atoms with Crippen molar-refractivity contribution in [3.05, 3.63) is 0 Å². The molecule has 0 unspecified atom stereocenters. The summed E-state index contributed by atoms with van der Waals surface area (Å²) in [6.45, 7) is 1.22. The molecule has 14 heavy (non-hydrogen) atoms. The van der Waals surface area contributed by atoms with Crippen molar-refractivity contribution in [1.82, 2.24) is 15.1 Å². The van der Waals surface area contributed by atoms with Crippen LogP contribution >= 0.6 is 0 Å². The average Bonchev–Trinajstić information content (AvgIpc) is 1.99. The van der Waals surface area contributed by atoms with Gasteiger partial charge in [-0.1, -0.05) is 0 Å². The lowest BCUT2D eigenvalue weighted by molar-refractivity contribution is -0.139. The number of amides is 2. The maximum atomic E-state index is 11.1. The minimum absolute atomic E-state index is 0.0201. The van der Waals surface area contributed by atoms with E-state index in [2.05, 4.69) is 5.32 Å². The van der Waals surface area contributed by atoms with Gasteiger partial charge in [0.05, 0.1) is 6.54 Å². The van der Waals surface area contributed by atoms with E-state index in [4.69, 9.17) is 5.11 Å². The summed E-state index contributed by atoms with van der Waals surface area (Å²) < 4.78 is 0. The third kappa shape index (κ3) is 2.35. The molecule has 0 radical (unpaired) electrons. The number of urea groups is 1. The number of nitrogens with one attached hydrogen (secondary N) is 1. The van der Waals surface area contributed by atoms with Crippen molar-refractivity contribution < 1.29 is 14.7 Å². The van der Waals surface area contributed by atoms with E-state index in [0.717, 1.165) is 0 Å². The predicted octanol–water partition coefficient (Wildman–Crippen LogP) is -0.974. The van der Waals surface area contributed by atoms with Gasteiger partial charge in [0.25, 0.3) is 0 Å². The Hall–Kier alpha value is -1.30. The summed E-state index contributed by atoms with van der Waals surface area (Å²) in [5.74, 6) is -0.842. The van der Waals surface area contributed by atoms with Crippen LogP contribution in [0.15, 0.2) is 0 Å².